The van der Waals surface area contributed by atoms with Gasteiger partial charge in [0.1, 0.15) is 0 Å². The van der Waals surface area contributed by atoms with Gasteiger partial charge in [0, 0.05) is 17.8 Å². The molecule has 2 rings (SSSR count). The van der Waals surface area contributed by atoms with Gasteiger partial charge in [-0.3, -0.25) is 0 Å². The topological polar surface area (TPSA) is 75.4 Å². The number of anilines is 1. The van der Waals surface area contributed by atoms with Gasteiger partial charge in [-0.1, -0.05) is 18.2 Å². The van der Waals surface area contributed by atoms with Gasteiger partial charge in [0.25, 0.3) is 0 Å². The van der Waals surface area contributed by atoms with E-state index in [1.54, 1.807) is 24.3 Å². The van der Waals surface area contributed by atoms with Gasteiger partial charge in [-0.15, -0.1) is 0 Å². The molecule has 1 aromatic carbocycles. The number of para-hydroxylation sites is 1. The molecule has 2 atom stereocenters. The molecule has 0 radical (unpaired) electrons. The van der Waals surface area contributed by atoms with Crippen molar-refractivity contribution in [1.29, 1.82) is 0 Å². The third-order valence-electron chi connectivity index (χ3n) is 3.96. The van der Waals surface area contributed by atoms with Crippen LogP contribution >= 0.6 is 0 Å². The fourth-order valence-corrected chi connectivity index (χ4v) is 4.04. The largest absolute Gasteiger partial charge is 0.398 e. The van der Waals surface area contributed by atoms with Crippen LogP contribution in [0.25, 0.3) is 0 Å². The van der Waals surface area contributed by atoms with E-state index in [4.69, 9.17) is 5.73 Å². The molecule has 1 heterocycles. The molecule has 0 bridgehead atoms. The van der Waals surface area contributed by atoms with Crippen LogP contribution in [0.5, 0.6) is 0 Å². The molecule has 6 heteroatoms. The molecule has 0 aromatic heterocycles. The second-order valence-electron chi connectivity index (χ2n) is 5.63. The molecule has 0 amide bonds. The number of nitrogens with one attached hydrogen (secondary N) is 1. The van der Waals surface area contributed by atoms with E-state index >= 15 is 0 Å². The number of benzene rings is 1. The Bertz CT molecular complexity index is 559. The van der Waals surface area contributed by atoms with Gasteiger partial charge in [-0.2, -0.15) is 0 Å². The molecule has 1 aliphatic heterocycles. The van der Waals surface area contributed by atoms with Gasteiger partial charge in [-0.25, -0.2) is 13.1 Å². The zero-order valence-corrected chi connectivity index (χ0v) is 12.9. The molecule has 3 N–H and O–H groups in total. The predicted molar refractivity (Wildman–Crippen MR) is 81.7 cm³/mol. The Morgan fingerprint density at radius 2 is 2.10 bits per heavy atom. The summed E-state index contributed by atoms with van der Waals surface area (Å²) in [5.74, 6) is -0.0552. The van der Waals surface area contributed by atoms with Crippen LogP contribution in [0, 0.1) is 0 Å². The first kappa shape index (κ1) is 15.3. The normalized spacial score (nSPS) is 24.7. The number of nitrogen functional groups attached to an aromatic ring is 1. The fraction of sp³-hybridized carbons (Fsp3) is 0.571. The van der Waals surface area contributed by atoms with E-state index in [2.05, 4.69) is 23.6 Å². The maximum Gasteiger partial charge on any atom is 0.216 e. The molecule has 1 saturated heterocycles. The molecule has 0 aliphatic carbocycles. The summed E-state index contributed by atoms with van der Waals surface area (Å²) in [5.41, 5.74) is 6.98. The standard InChI is InChI=1S/C14H23N3O2S/c1-11-9-13(7-8-17(11)2)16-20(18,19)10-12-5-3-4-6-14(12)15/h3-6,11,13,16H,7-10,15H2,1-2H3. The number of nitrogens with two attached hydrogens (primary N) is 1. The highest BCUT2D eigenvalue weighted by molar-refractivity contribution is 7.88. The summed E-state index contributed by atoms with van der Waals surface area (Å²) in [4.78, 5) is 2.25. The number of likely N-dealkylation sites (tertiary alicyclic amines) is 1. The van der Waals surface area contributed by atoms with E-state index in [9.17, 15) is 8.42 Å². The summed E-state index contributed by atoms with van der Waals surface area (Å²) in [6.07, 6.45) is 1.70. The van der Waals surface area contributed by atoms with Crippen LogP contribution in [-0.4, -0.2) is 39.0 Å². The molecule has 1 aromatic rings. The van der Waals surface area contributed by atoms with Gasteiger partial charge in [0.2, 0.25) is 10.0 Å². The minimum Gasteiger partial charge on any atom is -0.398 e. The highest BCUT2D eigenvalue weighted by Crippen LogP contribution is 2.18. The van der Waals surface area contributed by atoms with Crippen LogP contribution in [0.2, 0.25) is 0 Å². The lowest BCUT2D eigenvalue weighted by Crippen LogP contribution is -2.47. The average Bonchev–Trinajstić information content (AvgIpc) is 2.36. The molecule has 0 spiro atoms. The summed E-state index contributed by atoms with van der Waals surface area (Å²) in [5, 5.41) is 0. The number of nitrogens with zero attached hydrogens (tertiary/aromatic N) is 1. The zero-order chi connectivity index (χ0) is 14.8. The van der Waals surface area contributed by atoms with Crippen LogP contribution in [0.3, 0.4) is 0 Å². The summed E-state index contributed by atoms with van der Waals surface area (Å²) >= 11 is 0. The van der Waals surface area contributed by atoms with Crippen LogP contribution in [0.1, 0.15) is 25.3 Å². The van der Waals surface area contributed by atoms with Gasteiger partial charge in [0.05, 0.1) is 5.75 Å². The smallest absolute Gasteiger partial charge is 0.216 e. The van der Waals surface area contributed by atoms with Crippen molar-refractivity contribution >= 4 is 15.7 Å². The van der Waals surface area contributed by atoms with E-state index in [1.165, 1.54) is 0 Å². The van der Waals surface area contributed by atoms with Crippen molar-refractivity contribution in [2.24, 2.45) is 0 Å². The quantitative estimate of drug-likeness (QED) is 0.818. The third-order valence-corrected chi connectivity index (χ3v) is 5.34. The Balaban J connectivity index is 2.00. The Morgan fingerprint density at radius 1 is 1.40 bits per heavy atom. The van der Waals surface area contributed by atoms with Crippen LogP contribution < -0.4 is 10.5 Å². The Labute approximate surface area is 121 Å². The van der Waals surface area contributed by atoms with Crippen LogP contribution in [0.15, 0.2) is 24.3 Å². The number of piperidine rings is 1. The van der Waals surface area contributed by atoms with Gasteiger partial charge < -0.3 is 10.6 Å². The van der Waals surface area contributed by atoms with Crippen molar-refractivity contribution < 1.29 is 8.42 Å². The van der Waals surface area contributed by atoms with E-state index < -0.39 is 10.0 Å². The van der Waals surface area contributed by atoms with E-state index in [0.717, 1.165) is 19.4 Å². The Morgan fingerprint density at radius 3 is 2.75 bits per heavy atom. The number of sulfonamides is 1. The first-order valence-corrected chi connectivity index (χ1v) is 8.56. The molecule has 0 saturated carbocycles. The maximum absolute atomic E-state index is 12.2. The molecule has 1 fully saturated rings. The van der Waals surface area contributed by atoms with Crippen molar-refractivity contribution in [1.82, 2.24) is 9.62 Å². The van der Waals surface area contributed by atoms with Crippen molar-refractivity contribution in [3.8, 4) is 0 Å². The number of hydrogen-bond acceptors (Lipinski definition) is 4. The summed E-state index contributed by atoms with van der Waals surface area (Å²) in [6.45, 7) is 3.04. The highest BCUT2D eigenvalue weighted by Gasteiger charge is 2.26. The second kappa shape index (κ2) is 6.11. The lowest BCUT2D eigenvalue weighted by molar-refractivity contribution is 0.178. The summed E-state index contributed by atoms with van der Waals surface area (Å²) in [6, 6.07) is 7.51. The maximum atomic E-state index is 12.2. The van der Waals surface area contributed by atoms with Gasteiger partial charge >= 0.3 is 0 Å². The minimum absolute atomic E-state index is 0.0242. The molecular formula is C14H23N3O2S. The van der Waals surface area contributed by atoms with Crippen molar-refractivity contribution in [3.05, 3.63) is 29.8 Å². The predicted octanol–water partition coefficient (Wildman–Crippen LogP) is 1.17. The zero-order valence-electron chi connectivity index (χ0n) is 12.0. The fourth-order valence-electron chi connectivity index (χ4n) is 2.56. The van der Waals surface area contributed by atoms with E-state index in [1.807, 2.05) is 0 Å². The lowest BCUT2D eigenvalue weighted by Gasteiger charge is -2.35. The molecule has 112 valence electrons. The third kappa shape index (κ3) is 3.94. The van der Waals surface area contributed by atoms with Gasteiger partial charge in [0.15, 0.2) is 0 Å². The number of hydrogen-bond donors (Lipinski definition) is 2. The molecule has 5 nitrogen and oxygen atoms in total. The molecule has 20 heavy (non-hydrogen) atoms. The molecular weight excluding hydrogens is 274 g/mol. The lowest BCUT2D eigenvalue weighted by atomic mass is 10.0. The van der Waals surface area contributed by atoms with Crippen molar-refractivity contribution in [2.45, 2.75) is 37.6 Å². The second-order valence-corrected chi connectivity index (χ2v) is 7.38. The van der Waals surface area contributed by atoms with Gasteiger partial charge in [-0.05, 0) is 45.0 Å². The molecule has 1 aliphatic rings. The summed E-state index contributed by atoms with van der Waals surface area (Å²) < 4.78 is 27.3. The van der Waals surface area contributed by atoms with Crippen LogP contribution in [-0.2, 0) is 15.8 Å². The van der Waals surface area contributed by atoms with E-state index in [0.29, 0.717) is 17.3 Å². The first-order valence-electron chi connectivity index (χ1n) is 6.91. The summed E-state index contributed by atoms with van der Waals surface area (Å²) in [7, 11) is -1.28. The number of rotatable bonds is 4. The SMILES string of the molecule is CC1CC(NS(=O)(=O)Cc2ccccc2N)CCN1C. The Hall–Kier alpha value is -1.11. The van der Waals surface area contributed by atoms with Crippen molar-refractivity contribution in [3.63, 3.8) is 0 Å². The van der Waals surface area contributed by atoms with Crippen LogP contribution in [0.4, 0.5) is 5.69 Å². The monoisotopic (exact) mass is 297 g/mol. The Kier molecular flexibility index (Phi) is 4.67. The average molecular weight is 297 g/mol. The van der Waals surface area contributed by atoms with E-state index in [-0.39, 0.29) is 11.8 Å². The highest BCUT2D eigenvalue weighted by atomic mass is 32.2. The van der Waals surface area contributed by atoms with Crippen molar-refractivity contribution in [2.75, 3.05) is 19.3 Å². The first-order chi connectivity index (χ1) is 9.37. The minimum atomic E-state index is -3.35. The molecule has 2 unspecified atom stereocenters.